The molecule has 2 N–H and O–H groups in total. The largest absolute Gasteiger partial charge is 0.493 e. The fourth-order valence-corrected chi connectivity index (χ4v) is 6.63. The smallest absolute Gasteiger partial charge is 0.163 e. The van der Waals surface area contributed by atoms with E-state index in [1.54, 1.807) is 13.4 Å². The first kappa shape index (κ1) is 23.5. The molecular formula is C24H33Cl2FN4O2. The lowest BCUT2D eigenvalue weighted by atomic mass is 9.92. The second-order valence-electron chi connectivity index (χ2n) is 10.1. The zero-order valence-electron chi connectivity index (χ0n) is 19.1. The Balaban J connectivity index is 1.26. The van der Waals surface area contributed by atoms with Crippen molar-refractivity contribution >= 4 is 35.2 Å². The van der Waals surface area contributed by atoms with E-state index in [0.717, 1.165) is 23.1 Å². The van der Waals surface area contributed by atoms with Gasteiger partial charge in [0.2, 0.25) is 0 Å². The van der Waals surface area contributed by atoms with E-state index in [1.165, 1.54) is 25.9 Å². The van der Waals surface area contributed by atoms with Gasteiger partial charge < -0.3 is 19.7 Å². The molecule has 1 aromatic carbocycles. The summed E-state index contributed by atoms with van der Waals surface area (Å²) in [5.74, 6) is 3.55. The maximum absolute atomic E-state index is 14.8. The van der Waals surface area contributed by atoms with Crippen LogP contribution < -0.4 is 20.1 Å². The van der Waals surface area contributed by atoms with E-state index < -0.39 is 11.5 Å². The molecule has 0 aromatic heterocycles. The molecule has 2 heterocycles. The standard InChI is InChI=1S/C24H33Cl2FN4O2/c1-31-9-14-5-13(6-15(14)10-31)11-33-21-8-19-16(7-20(21)32-2)24(29-12-28-19)30-18-4-3-17(25)22(26)23(18)27/h7-8,12-15,17-18,22-24,30H,3-6,9-11H2,1-2H3,(H,28,29)/t13?,14-,15+,17?,18?,22?,23-,24?/m1/s1. The predicted molar refractivity (Wildman–Crippen MR) is 130 cm³/mol. The van der Waals surface area contributed by atoms with Crippen molar-refractivity contribution in [2.45, 2.75) is 54.8 Å². The average molecular weight is 499 g/mol. The van der Waals surface area contributed by atoms with Gasteiger partial charge in [0.05, 0.1) is 36.5 Å². The monoisotopic (exact) mass is 498 g/mol. The van der Waals surface area contributed by atoms with Crippen molar-refractivity contribution in [1.29, 1.82) is 0 Å². The summed E-state index contributed by atoms with van der Waals surface area (Å²) in [5.41, 5.74) is 1.68. The number of rotatable bonds is 6. The number of methoxy groups -OCH3 is 1. The van der Waals surface area contributed by atoms with E-state index >= 15 is 0 Å². The molecule has 0 spiro atoms. The number of likely N-dealkylation sites (tertiary alicyclic amines) is 1. The van der Waals surface area contributed by atoms with Gasteiger partial charge in [-0.3, -0.25) is 5.32 Å². The summed E-state index contributed by atoms with van der Waals surface area (Å²) in [7, 11) is 3.85. The molecule has 9 heteroatoms. The summed E-state index contributed by atoms with van der Waals surface area (Å²) in [4.78, 5) is 6.93. The van der Waals surface area contributed by atoms with Gasteiger partial charge in [-0.25, -0.2) is 9.38 Å². The van der Waals surface area contributed by atoms with Crippen LogP contribution in [0.4, 0.5) is 10.1 Å². The topological polar surface area (TPSA) is 58.1 Å². The average Bonchev–Trinajstić information content (AvgIpc) is 3.34. The number of nitrogens with one attached hydrogen (secondary N) is 2. The van der Waals surface area contributed by atoms with Crippen LogP contribution in [-0.2, 0) is 0 Å². The van der Waals surface area contributed by atoms with Crippen LogP contribution in [0.25, 0.3) is 0 Å². The van der Waals surface area contributed by atoms with Gasteiger partial charge in [0.25, 0.3) is 0 Å². The van der Waals surface area contributed by atoms with E-state index in [9.17, 15) is 4.39 Å². The van der Waals surface area contributed by atoms with Crippen LogP contribution in [0, 0.1) is 17.8 Å². The van der Waals surface area contributed by atoms with Crippen LogP contribution in [0.1, 0.15) is 37.4 Å². The number of ether oxygens (including phenoxy) is 2. The number of benzene rings is 1. The maximum atomic E-state index is 14.8. The molecule has 1 aromatic rings. The molecule has 8 atom stereocenters. The van der Waals surface area contributed by atoms with Crippen LogP contribution in [0.5, 0.6) is 11.5 Å². The number of fused-ring (bicyclic) bond motifs is 2. The SMILES string of the molecule is COc1cc2c(cc1OCC1C[C@@H]3CN(C)C[C@@H]3C1)N=CNC2NC1CCC(Cl)C(Cl)[C@@H]1F. The van der Waals surface area contributed by atoms with Crippen LogP contribution in [0.3, 0.4) is 0 Å². The van der Waals surface area contributed by atoms with Crippen LogP contribution in [0.15, 0.2) is 17.1 Å². The molecule has 1 saturated heterocycles. The van der Waals surface area contributed by atoms with E-state index in [4.69, 9.17) is 32.7 Å². The molecule has 5 rings (SSSR count). The van der Waals surface area contributed by atoms with Crippen molar-refractivity contribution < 1.29 is 13.9 Å². The second-order valence-corrected chi connectivity index (χ2v) is 11.1. The molecule has 33 heavy (non-hydrogen) atoms. The zero-order chi connectivity index (χ0) is 23.1. The number of hydrogen-bond acceptors (Lipinski definition) is 6. The molecule has 0 amide bonds. The third-order valence-corrected chi connectivity index (χ3v) is 8.91. The Bertz CT molecular complexity index is 876. The van der Waals surface area contributed by atoms with Crippen LogP contribution in [0.2, 0.25) is 0 Å². The lowest BCUT2D eigenvalue weighted by Gasteiger charge is -2.37. The van der Waals surface area contributed by atoms with Crippen molar-refractivity contribution in [3.05, 3.63) is 17.7 Å². The van der Waals surface area contributed by atoms with E-state index in [1.807, 2.05) is 12.1 Å². The molecule has 0 bridgehead atoms. The Morgan fingerprint density at radius 2 is 1.94 bits per heavy atom. The van der Waals surface area contributed by atoms with Crippen molar-refractivity contribution in [2.24, 2.45) is 22.7 Å². The Labute approximate surface area is 205 Å². The highest BCUT2D eigenvalue weighted by Crippen LogP contribution is 2.43. The van der Waals surface area contributed by atoms with Gasteiger partial charge in [0.15, 0.2) is 11.5 Å². The fraction of sp³-hybridized carbons (Fsp3) is 0.708. The molecule has 5 unspecified atom stereocenters. The summed E-state index contributed by atoms with van der Waals surface area (Å²) in [6, 6.07) is 3.47. The van der Waals surface area contributed by atoms with Gasteiger partial charge in [0.1, 0.15) is 12.3 Å². The van der Waals surface area contributed by atoms with Crippen molar-refractivity contribution in [1.82, 2.24) is 15.5 Å². The number of alkyl halides is 3. The van der Waals surface area contributed by atoms with E-state index in [2.05, 4.69) is 27.6 Å². The molecule has 2 aliphatic carbocycles. The number of halogens is 3. The zero-order valence-corrected chi connectivity index (χ0v) is 20.7. The highest BCUT2D eigenvalue weighted by Gasteiger charge is 2.41. The first-order valence-corrected chi connectivity index (χ1v) is 12.8. The summed E-state index contributed by atoms with van der Waals surface area (Å²) in [5, 5.41) is 5.53. The molecule has 2 saturated carbocycles. The first-order valence-electron chi connectivity index (χ1n) is 11.9. The summed E-state index contributed by atoms with van der Waals surface area (Å²) in [6.45, 7) is 3.10. The van der Waals surface area contributed by atoms with Crippen molar-refractivity contribution in [3.8, 4) is 11.5 Å². The molecular weight excluding hydrogens is 466 g/mol. The third kappa shape index (κ3) is 4.79. The summed E-state index contributed by atoms with van der Waals surface area (Å²) >= 11 is 12.3. The lowest BCUT2D eigenvalue weighted by molar-refractivity contribution is 0.181. The normalized spacial score (nSPS) is 38.0. The van der Waals surface area contributed by atoms with Gasteiger partial charge >= 0.3 is 0 Å². The van der Waals surface area contributed by atoms with Crippen LogP contribution in [-0.4, -0.2) is 68.1 Å². The molecule has 182 valence electrons. The molecule has 4 aliphatic rings. The first-order chi connectivity index (χ1) is 15.9. The second kappa shape index (κ2) is 9.76. The van der Waals surface area contributed by atoms with Gasteiger partial charge in [-0.05, 0) is 56.6 Å². The number of nitrogens with zero attached hydrogens (tertiary/aromatic N) is 2. The minimum absolute atomic E-state index is 0.300. The van der Waals surface area contributed by atoms with Gasteiger partial charge in [-0.2, -0.15) is 0 Å². The van der Waals surface area contributed by atoms with Gasteiger partial charge in [0, 0.05) is 30.8 Å². The van der Waals surface area contributed by atoms with E-state index in [-0.39, 0.29) is 17.6 Å². The molecule has 0 radical (unpaired) electrons. The molecule has 6 nitrogen and oxygen atoms in total. The van der Waals surface area contributed by atoms with Gasteiger partial charge in [-0.15, -0.1) is 23.2 Å². The summed E-state index contributed by atoms with van der Waals surface area (Å²) in [6.07, 6.45) is 3.88. The fourth-order valence-electron chi connectivity index (χ4n) is 6.06. The molecule has 2 aliphatic heterocycles. The maximum Gasteiger partial charge on any atom is 0.163 e. The minimum Gasteiger partial charge on any atom is -0.493 e. The highest BCUT2D eigenvalue weighted by atomic mass is 35.5. The van der Waals surface area contributed by atoms with E-state index in [0.29, 0.717) is 36.9 Å². The predicted octanol–water partition coefficient (Wildman–Crippen LogP) is 4.23. The minimum atomic E-state index is -1.22. The highest BCUT2D eigenvalue weighted by molar-refractivity contribution is 6.30. The quantitative estimate of drug-likeness (QED) is 0.574. The Hall–Kier alpha value is -1.28. The van der Waals surface area contributed by atoms with Crippen molar-refractivity contribution in [2.75, 3.05) is 33.9 Å². The van der Waals surface area contributed by atoms with Crippen molar-refractivity contribution in [3.63, 3.8) is 0 Å². The molecule has 3 fully saturated rings. The summed E-state index contributed by atoms with van der Waals surface area (Å²) < 4.78 is 26.7. The lowest BCUT2D eigenvalue weighted by Crippen LogP contribution is -2.52. The Kier molecular flexibility index (Phi) is 6.94. The Morgan fingerprint density at radius 1 is 1.18 bits per heavy atom. The number of hydrogen-bond donors (Lipinski definition) is 2. The number of aliphatic imine (C=N–C) groups is 1. The Morgan fingerprint density at radius 3 is 2.67 bits per heavy atom. The third-order valence-electron chi connectivity index (χ3n) is 7.74. The van der Waals surface area contributed by atoms with Gasteiger partial charge in [-0.1, -0.05) is 0 Å². The van der Waals surface area contributed by atoms with Crippen LogP contribution >= 0.6 is 23.2 Å².